The van der Waals surface area contributed by atoms with E-state index in [9.17, 15) is 9.59 Å². The number of rotatable bonds is 7. The average molecular weight is 477 g/mol. The first-order chi connectivity index (χ1) is 16.5. The summed E-state index contributed by atoms with van der Waals surface area (Å²) in [6, 6.07) is 18.3. The van der Waals surface area contributed by atoms with Crippen molar-refractivity contribution in [2.75, 3.05) is 50.6 Å². The van der Waals surface area contributed by atoms with Crippen LogP contribution in [0.5, 0.6) is 5.75 Å². The van der Waals surface area contributed by atoms with E-state index in [1.807, 2.05) is 41.8 Å². The Labute approximate surface area is 203 Å². The maximum Gasteiger partial charge on any atom is 0.272 e. The number of ether oxygens (including phenoxy) is 1. The van der Waals surface area contributed by atoms with Gasteiger partial charge in [-0.15, -0.1) is 11.3 Å². The molecular formula is C26H28N4O3S. The predicted molar refractivity (Wildman–Crippen MR) is 138 cm³/mol. The smallest absolute Gasteiger partial charge is 0.272 e. The summed E-state index contributed by atoms with van der Waals surface area (Å²) in [5.74, 6) is -0.0997. The van der Waals surface area contributed by atoms with Crippen molar-refractivity contribution in [3.05, 3.63) is 82.2 Å². The summed E-state index contributed by atoms with van der Waals surface area (Å²) in [5.41, 5.74) is 2.40. The van der Waals surface area contributed by atoms with E-state index in [2.05, 4.69) is 27.5 Å². The minimum Gasteiger partial charge on any atom is -0.497 e. The number of anilines is 2. The third kappa shape index (κ3) is 6.03. The van der Waals surface area contributed by atoms with Gasteiger partial charge in [0.15, 0.2) is 0 Å². The third-order valence-corrected chi connectivity index (χ3v) is 6.49. The number of hydrogen-bond acceptors (Lipinski definition) is 6. The first-order valence-electron chi connectivity index (χ1n) is 11.1. The molecule has 176 valence electrons. The Kier molecular flexibility index (Phi) is 7.61. The number of amides is 2. The minimum absolute atomic E-state index is 0.173. The molecule has 0 bridgehead atoms. The zero-order chi connectivity index (χ0) is 23.9. The van der Waals surface area contributed by atoms with E-state index in [4.69, 9.17) is 4.74 Å². The molecule has 0 saturated carbocycles. The molecule has 8 heteroatoms. The molecule has 1 aliphatic rings. The highest BCUT2D eigenvalue weighted by molar-refractivity contribution is 7.10. The lowest BCUT2D eigenvalue weighted by molar-refractivity contribution is -0.113. The molecule has 1 aromatic heterocycles. The monoisotopic (exact) mass is 476 g/mol. The minimum atomic E-state index is -0.386. The van der Waals surface area contributed by atoms with Crippen LogP contribution < -0.4 is 20.3 Å². The van der Waals surface area contributed by atoms with Crippen molar-refractivity contribution in [1.82, 2.24) is 10.2 Å². The van der Waals surface area contributed by atoms with Crippen LogP contribution in [0.1, 0.15) is 15.2 Å². The number of benzene rings is 2. The second kappa shape index (κ2) is 11.0. The fourth-order valence-electron chi connectivity index (χ4n) is 3.63. The number of hydrogen-bond donors (Lipinski definition) is 2. The molecule has 4 rings (SSSR count). The highest BCUT2D eigenvalue weighted by atomic mass is 32.1. The number of nitrogens with one attached hydrogen (secondary N) is 2. The Balaban J connectivity index is 1.46. The second-order valence-electron chi connectivity index (χ2n) is 8.05. The lowest BCUT2D eigenvalue weighted by Crippen LogP contribution is -2.44. The molecule has 2 heterocycles. The van der Waals surface area contributed by atoms with Crippen molar-refractivity contribution in [3.63, 3.8) is 0 Å². The van der Waals surface area contributed by atoms with Crippen molar-refractivity contribution >= 4 is 40.6 Å². The van der Waals surface area contributed by atoms with Gasteiger partial charge in [0.2, 0.25) is 0 Å². The van der Waals surface area contributed by atoms with E-state index in [-0.39, 0.29) is 17.5 Å². The summed E-state index contributed by atoms with van der Waals surface area (Å²) in [7, 11) is 3.70. The summed E-state index contributed by atoms with van der Waals surface area (Å²) in [5, 5.41) is 7.58. The summed E-state index contributed by atoms with van der Waals surface area (Å²) < 4.78 is 5.15. The molecular weight excluding hydrogens is 448 g/mol. The van der Waals surface area contributed by atoms with E-state index < -0.39 is 0 Å². The number of carbonyl (C=O) groups excluding carboxylic acids is 2. The van der Waals surface area contributed by atoms with Crippen LogP contribution in [0.4, 0.5) is 11.4 Å². The van der Waals surface area contributed by atoms with Crippen LogP contribution >= 0.6 is 11.3 Å². The number of piperazine rings is 1. The number of thiophene rings is 1. The molecule has 1 saturated heterocycles. The van der Waals surface area contributed by atoms with Gasteiger partial charge >= 0.3 is 0 Å². The fourth-order valence-corrected chi connectivity index (χ4v) is 4.29. The molecule has 0 aliphatic carbocycles. The van der Waals surface area contributed by atoms with Gasteiger partial charge in [-0.25, -0.2) is 0 Å². The van der Waals surface area contributed by atoms with E-state index in [0.29, 0.717) is 17.0 Å². The van der Waals surface area contributed by atoms with Crippen molar-refractivity contribution in [1.29, 1.82) is 0 Å². The molecule has 0 atom stereocenters. The molecule has 2 amide bonds. The molecule has 2 aromatic carbocycles. The molecule has 7 nitrogen and oxygen atoms in total. The van der Waals surface area contributed by atoms with Crippen LogP contribution in [0, 0.1) is 0 Å². The van der Waals surface area contributed by atoms with Crippen molar-refractivity contribution < 1.29 is 14.3 Å². The Morgan fingerprint density at radius 3 is 2.29 bits per heavy atom. The van der Waals surface area contributed by atoms with Gasteiger partial charge in [0.05, 0.1) is 7.11 Å². The molecule has 1 aliphatic heterocycles. The molecule has 0 radical (unpaired) electrons. The quantitative estimate of drug-likeness (QED) is 0.506. The van der Waals surface area contributed by atoms with Crippen LogP contribution in [-0.2, 0) is 4.79 Å². The first-order valence-corrected chi connectivity index (χ1v) is 12.0. The van der Waals surface area contributed by atoms with Gasteiger partial charge in [0, 0.05) is 48.0 Å². The summed E-state index contributed by atoms with van der Waals surface area (Å²) in [6.45, 7) is 4.02. The average Bonchev–Trinajstić information content (AvgIpc) is 3.38. The number of carbonyl (C=O) groups is 2. The largest absolute Gasteiger partial charge is 0.497 e. The molecule has 1 fully saturated rings. The first kappa shape index (κ1) is 23.5. The Morgan fingerprint density at radius 1 is 0.971 bits per heavy atom. The second-order valence-corrected chi connectivity index (χ2v) is 9.03. The molecule has 2 N–H and O–H groups in total. The predicted octanol–water partition coefficient (Wildman–Crippen LogP) is 3.92. The van der Waals surface area contributed by atoms with Crippen LogP contribution in [0.25, 0.3) is 6.08 Å². The molecule has 0 spiro atoms. The van der Waals surface area contributed by atoms with Gasteiger partial charge in [-0.2, -0.15) is 0 Å². The van der Waals surface area contributed by atoms with Crippen molar-refractivity contribution in [2.24, 2.45) is 0 Å². The fraction of sp³-hybridized carbons (Fsp3) is 0.231. The SMILES string of the molecule is COc1ccc(C(=O)N/C(=C\c2cccs2)C(=O)Nc2ccc(N3CCN(C)CC3)cc2)cc1. The topological polar surface area (TPSA) is 73.9 Å². The van der Waals surface area contributed by atoms with Gasteiger partial charge in [-0.05, 0) is 73.1 Å². The van der Waals surface area contributed by atoms with Crippen LogP contribution in [-0.4, -0.2) is 57.1 Å². The van der Waals surface area contributed by atoms with Gasteiger partial charge in [0.1, 0.15) is 11.4 Å². The zero-order valence-corrected chi connectivity index (χ0v) is 20.1. The van der Waals surface area contributed by atoms with Gasteiger partial charge in [0.25, 0.3) is 11.8 Å². The Morgan fingerprint density at radius 2 is 1.68 bits per heavy atom. The lowest BCUT2D eigenvalue weighted by atomic mass is 10.2. The van der Waals surface area contributed by atoms with E-state index >= 15 is 0 Å². The van der Waals surface area contributed by atoms with Crippen LogP contribution in [0.3, 0.4) is 0 Å². The van der Waals surface area contributed by atoms with E-state index in [0.717, 1.165) is 36.7 Å². The highest BCUT2D eigenvalue weighted by Gasteiger charge is 2.17. The maximum absolute atomic E-state index is 13.1. The Hall–Kier alpha value is -3.62. The number of likely N-dealkylation sites (N-methyl/N-ethyl adjacent to an activating group) is 1. The molecule has 34 heavy (non-hydrogen) atoms. The summed E-state index contributed by atoms with van der Waals surface area (Å²) >= 11 is 1.49. The van der Waals surface area contributed by atoms with E-state index in [1.54, 1.807) is 37.5 Å². The molecule has 3 aromatic rings. The maximum atomic E-state index is 13.1. The van der Waals surface area contributed by atoms with Crippen molar-refractivity contribution in [3.8, 4) is 5.75 Å². The zero-order valence-electron chi connectivity index (χ0n) is 19.3. The van der Waals surface area contributed by atoms with Crippen LogP contribution in [0.2, 0.25) is 0 Å². The Bertz CT molecular complexity index is 1130. The number of nitrogens with zero attached hydrogens (tertiary/aromatic N) is 2. The molecule has 0 unspecified atom stereocenters. The van der Waals surface area contributed by atoms with Crippen molar-refractivity contribution in [2.45, 2.75) is 0 Å². The van der Waals surface area contributed by atoms with Gasteiger partial charge in [-0.1, -0.05) is 6.07 Å². The van der Waals surface area contributed by atoms with Crippen LogP contribution in [0.15, 0.2) is 71.7 Å². The highest BCUT2D eigenvalue weighted by Crippen LogP contribution is 2.20. The van der Waals surface area contributed by atoms with Gasteiger partial charge in [-0.3, -0.25) is 9.59 Å². The van der Waals surface area contributed by atoms with Gasteiger partial charge < -0.3 is 25.2 Å². The standard InChI is InChI=1S/C26H28N4O3S/c1-29-13-15-30(16-14-29)21-9-7-20(8-10-21)27-26(32)24(18-23-4-3-17-34-23)28-25(31)19-5-11-22(33-2)12-6-19/h3-12,17-18H,13-16H2,1-2H3,(H,27,32)(H,28,31)/b24-18-. The van der Waals surface area contributed by atoms with E-state index in [1.165, 1.54) is 11.3 Å². The summed E-state index contributed by atoms with van der Waals surface area (Å²) in [4.78, 5) is 31.4. The third-order valence-electron chi connectivity index (χ3n) is 5.67. The summed E-state index contributed by atoms with van der Waals surface area (Å²) in [6.07, 6.45) is 1.68. The number of methoxy groups -OCH3 is 1. The lowest BCUT2D eigenvalue weighted by Gasteiger charge is -2.34. The normalized spacial score (nSPS) is 14.5.